The summed E-state index contributed by atoms with van der Waals surface area (Å²) in [5.74, 6) is 0. The van der Waals surface area contributed by atoms with Crippen LogP contribution in [0.15, 0.2) is 61.7 Å². The first-order valence-electron chi connectivity index (χ1n) is 13.3. The van der Waals surface area contributed by atoms with Crippen LogP contribution in [0.5, 0.6) is 0 Å². The summed E-state index contributed by atoms with van der Waals surface area (Å²) in [6.45, 7) is 7.77. The highest BCUT2D eigenvalue weighted by Gasteiger charge is 2.45. The zero-order valence-electron chi connectivity index (χ0n) is 21.7. The molecule has 3 N–H and O–H groups in total. The smallest absolute Gasteiger partial charge is 0.184 e. The number of hydrogen-bond donors (Lipinski definition) is 3. The Morgan fingerprint density at radius 2 is 1.54 bits per heavy atom. The summed E-state index contributed by atoms with van der Waals surface area (Å²) < 4.78 is 35.5. The number of ether oxygens (including phenoxy) is 6. The summed E-state index contributed by atoms with van der Waals surface area (Å²) >= 11 is 0. The van der Waals surface area contributed by atoms with Gasteiger partial charge in [-0.05, 0) is 11.1 Å². The van der Waals surface area contributed by atoms with E-state index in [9.17, 15) is 15.3 Å². The molecule has 9 atom stereocenters. The molecule has 9 nitrogen and oxygen atoms in total. The molecule has 2 aromatic carbocycles. The monoisotopic (exact) mass is 540 g/mol. The molecule has 0 spiro atoms. The third kappa shape index (κ3) is 7.01. The molecule has 2 aromatic rings. The zero-order valence-corrected chi connectivity index (χ0v) is 21.7. The molecule has 3 aliphatic rings. The number of hydrogen-bond acceptors (Lipinski definition) is 9. The first kappa shape index (κ1) is 28.1. The molecule has 3 heterocycles. The molecule has 5 rings (SSSR count). The van der Waals surface area contributed by atoms with E-state index >= 15 is 0 Å². The van der Waals surface area contributed by atoms with Gasteiger partial charge in [0.1, 0.15) is 12.2 Å². The van der Waals surface area contributed by atoms with Gasteiger partial charge in [-0.3, -0.25) is 0 Å². The Morgan fingerprint density at radius 3 is 2.23 bits per heavy atom. The third-order valence-corrected chi connectivity index (χ3v) is 7.19. The van der Waals surface area contributed by atoms with Crippen molar-refractivity contribution < 1.29 is 43.7 Å². The molecule has 9 heteroatoms. The van der Waals surface area contributed by atoms with E-state index in [1.807, 2.05) is 36.4 Å². The third-order valence-electron chi connectivity index (χ3n) is 7.19. The van der Waals surface area contributed by atoms with Gasteiger partial charge in [0, 0.05) is 30.4 Å². The van der Waals surface area contributed by atoms with E-state index in [2.05, 4.69) is 13.2 Å². The minimum Gasteiger partial charge on any atom is -0.393 e. The Bertz CT molecular complexity index is 1090. The van der Waals surface area contributed by atoms with Crippen LogP contribution in [-0.4, -0.2) is 71.6 Å². The lowest BCUT2D eigenvalue weighted by Gasteiger charge is -2.45. The summed E-state index contributed by atoms with van der Waals surface area (Å²) in [6.07, 6.45) is -2.07. The number of benzene rings is 2. The molecule has 0 aromatic heterocycles. The summed E-state index contributed by atoms with van der Waals surface area (Å²) in [5.41, 5.74) is 3.39. The Kier molecular flexibility index (Phi) is 9.24. The van der Waals surface area contributed by atoms with Crippen molar-refractivity contribution in [2.45, 2.75) is 74.9 Å². The van der Waals surface area contributed by atoms with Crippen LogP contribution in [0.2, 0.25) is 0 Å². The van der Waals surface area contributed by atoms with Gasteiger partial charge >= 0.3 is 0 Å². The Morgan fingerprint density at radius 1 is 0.872 bits per heavy atom. The highest BCUT2D eigenvalue weighted by atomic mass is 16.8. The van der Waals surface area contributed by atoms with Crippen LogP contribution in [0.3, 0.4) is 0 Å². The molecule has 0 bridgehead atoms. The van der Waals surface area contributed by atoms with Crippen LogP contribution < -0.4 is 0 Å². The van der Waals surface area contributed by atoms with Crippen molar-refractivity contribution in [3.63, 3.8) is 0 Å². The Hall–Kier alpha value is -2.44. The highest BCUT2D eigenvalue weighted by Crippen LogP contribution is 2.35. The number of aliphatic hydroxyl groups excluding tert-OH is 3. The molecule has 3 unspecified atom stereocenters. The quantitative estimate of drug-likeness (QED) is 0.411. The Balaban J connectivity index is 1.11. The summed E-state index contributed by atoms with van der Waals surface area (Å²) in [5, 5.41) is 31.6. The van der Waals surface area contributed by atoms with Gasteiger partial charge in [0.25, 0.3) is 0 Å². The van der Waals surface area contributed by atoms with Crippen molar-refractivity contribution in [2.24, 2.45) is 0 Å². The van der Waals surface area contributed by atoms with Crippen LogP contribution in [-0.2, 0) is 28.4 Å². The molecule has 0 radical (unpaired) electrons. The number of rotatable bonds is 9. The van der Waals surface area contributed by atoms with Gasteiger partial charge in [0.2, 0.25) is 0 Å². The minimum absolute atomic E-state index is 0.0665. The fourth-order valence-corrected chi connectivity index (χ4v) is 5.04. The second kappa shape index (κ2) is 12.8. The maximum absolute atomic E-state index is 10.8. The van der Waals surface area contributed by atoms with Gasteiger partial charge in [-0.1, -0.05) is 73.8 Å². The normalized spacial score (nSPS) is 33.6. The van der Waals surface area contributed by atoms with Crippen molar-refractivity contribution in [2.75, 3.05) is 13.2 Å². The van der Waals surface area contributed by atoms with E-state index in [0.29, 0.717) is 12.0 Å². The predicted molar refractivity (Wildman–Crippen MR) is 142 cm³/mol. The van der Waals surface area contributed by atoms with Crippen molar-refractivity contribution in [3.8, 4) is 0 Å². The largest absolute Gasteiger partial charge is 0.393 e. The molecule has 3 aliphatic heterocycles. The molecule has 0 saturated carbocycles. The topological polar surface area (TPSA) is 116 Å². The first-order chi connectivity index (χ1) is 18.9. The molecule has 3 saturated heterocycles. The van der Waals surface area contributed by atoms with E-state index in [1.54, 1.807) is 24.3 Å². The van der Waals surface area contributed by atoms with Crippen molar-refractivity contribution in [1.82, 2.24) is 0 Å². The van der Waals surface area contributed by atoms with Crippen molar-refractivity contribution >= 4 is 12.2 Å². The minimum atomic E-state index is -1.13. The van der Waals surface area contributed by atoms with Gasteiger partial charge in [-0.2, -0.15) is 0 Å². The molecule has 0 aliphatic carbocycles. The van der Waals surface area contributed by atoms with Crippen LogP contribution in [0, 0.1) is 0 Å². The Labute approximate surface area is 228 Å². The van der Waals surface area contributed by atoms with Crippen LogP contribution in [0.25, 0.3) is 12.2 Å². The summed E-state index contributed by atoms with van der Waals surface area (Å²) in [7, 11) is 0. The van der Waals surface area contributed by atoms with Gasteiger partial charge in [-0.15, -0.1) is 0 Å². The van der Waals surface area contributed by atoms with Crippen molar-refractivity contribution in [1.29, 1.82) is 0 Å². The van der Waals surface area contributed by atoms with E-state index in [1.165, 1.54) is 0 Å². The predicted octanol–water partition coefficient (Wildman–Crippen LogP) is 3.45. The lowest BCUT2D eigenvalue weighted by atomic mass is 10.00. The van der Waals surface area contributed by atoms with Crippen LogP contribution in [0.4, 0.5) is 0 Å². The fraction of sp³-hybridized carbons (Fsp3) is 0.467. The van der Waals surface area contributed by atoms with Crippen molar-refractivity contribution in [3.05, 3.63) is 83.9 Å². The molecular formula is C30H36O9. The molecule has 39 heavy (non-hydrogen) atoms. The van der Waals surface area contributed by atoms with Crippen LogP contribution in [0.1, 0.15) is 54.1 Å². The van der Waals surface area contributed by atoms with Gasteiger partial charge in [-0.25, -0.2) is 0 Å². The standard InChI is InChI=1S/C30H36O9/c1-3-18-5-9-20(10-6-18)29(33)34-16-23-13-22(31)14-26(36-23)38-27-15-24(32)28-25(37-27)17-35-30(39-28)21-11-7-19(4-2)8-12-21/h3-12,22-33H,1-2,13-17H2/t22-,23-,24+,25+,26?,27+,28-,29?,30?/m0/s1. The first-order valence-corrected chi connectivity index (χ1v) is 13.3. The molecule has 210 valence electrons. The highest BCUT2D eigenvalue weighted by molar-refractivity contribution is 5.48. The van der Waals surface area contributed by atoms with Crippen LogP contribution >= 0.6 is 0 Å². The average molecular weight is 541 g/mol. The molecule has 0 amide bonds. The maximum Gasteiger partial charge on any atom is 0.184 e. The molecule has 3 fully saturated rings. The van der Waals surface area contributed by atoms with Gasteiger partial charge < -0.3 is 43.7 Å². The van der Waals surface area contributed by atoms with E-state index in [4.69, 9.17) is 28.4 Å². The zero-order chi connectivity index (χ0) is 27.4. The number of aliphatic hydroxyl groups is 3. The second-order valence-corrected chi connectivity index (χ2v) is 10.0. The lowest BCUT2D eigenvalue weighted by Crippen LogP contribution is -2.56. The van der Waals surface area contributed by atoms with Gasteiger partial charge in [0.05, 0.1) is 31.5 Å². The molecular weight excluding hydrogens is 504 g/mol. The van der Waals surface area contributed by atoms with E-state index in [0.717, 1.165) is 16.7 Å². The van der Waals surface area contributed by atoms with Gasteiger partial charge in [0.15, 0.2) is 25.2 Å². The van der Waals surface area contributed by atoms with E-state index < -0.39 is 55.7 Å². The maximum atomic E-state index is 10.8. The van der Waals surface area contributed by atoms with E-state index in [-0.39, 0.29) is 26.1 Å². The second-order valence-electron chi connectivity index (χ2n) is 10.0. The lowest BCUT2D eigenvalue weighted by molar-refractivity contribution is -0.363. The summed E-state index contributed by atoms with van der Waals surface area (Å²) in [6, 6.07) is 14.9. The summed E-state index contributed by atoms with van der Waals surface area (Å²) in [4.78, 5) is 0. The fourth-order valence-electron chi connectivity index (χ4n) is 5.04. The number of fused-ring (bicyclic) bond motifs is 1. The SMILES string of the molecule is C=Cc1ccc(C(O)OC[C@@H]2C[C@H](O)CC(O[C@@H]3C[C@@H](O)[C@@H]4OC(c5ccc(C=C)cc5)OC[C@H]4O3)O2)cc1. The average Bonchev–Trinajstić information content (AvgIpc) is 2.95.